The number of carboxylic acid groups (broad SMARTS) is 1. The van der Waals surface area contributed by atoms with Crippen molar-refractivity contribution in [3.63, 3.8) is 0 Å². The molecular weight excluding hydrogens is 220 g/mol. The van der Waals surface area contributed by atoms with E-state index < -0.39 is 11.4 Å². The summed E-state index contributed by atoms with van der Waals surface area (Å²) in [5.74, 6) is -0.634. The van der Waals surface area contributed by atoms with E-state index in [1.54, 1.807) is 7.05 Å². The fourth-order valence-corrected chi connectivity index (χ4v) is 3.21. The van der Waals surface area contributed by atoms with E-state index in [4.69, 9.17) is 0 Å². The number of rotatable bonds is 3. The van der Waals surface area contributed by atoms with Gasteiger partial charge in [-0.25, -0.2) is 4.79 Å². The van der Waals surface area contributed by atoms with Crippen molar-refractivity contribution in [3.05, 3.63) is 0 Å². The molecule has 3 saturated carbocycles. The third-order valence-electron chi connectivity index (χ3n) is 4.71. The standard InChI is InChI=1S/C12H20N2O3/c1-13-10(17)14-8-11-2-5-12(6-3-11,7-4-11)9(15)16/h2-8H2,1H3,(H,15,16)(H2,13,14,17). The lowest BCUT2D eigenvalue weighted by atomic mass is 9.53. The summed E-state index contributed by atoms with van der Waals surface area (Å²) in [6, 6.07) is -0.153. The van der Waals surface area contributed by atoms with Crippen LogP contribution in [0.5, 0.6) is 0 Å². The summed E-state index contributed by atoms with van der Waals surface area (Å²) in [7, 11) is 1.60. The second kappa shape index (κ2) is 4.20. The highest BCUT2D eigenvalue weighted by Gasteiger charge is 2.52. The van der Waals surface area contributed by atoms with Gasteiger partial charge in [-0.15, -0.1) is 0 Å². The van der Waals surface area contributed by atoms with E-state index in [-0.39, 0.29) is 11.4 Å². The summed E-state index contributed by atoms with van der Waals surface area (Å²) in [6.07, 6.45) is 5.04. The Morgan fingerprint density at radius 3 is 2.06 bits per heavy atom. The zero-order chi connectivity index (χ0) is 12.5. The van der Waals surface area contributed by atoms with Crippen molar-refractivity contribution in [2.75, 3.05) is 13.6 Å². The molecule has 0 atom stereocenters. The summed E-state index contributed by atoms with van der Waals surface area (Å²) in [5.41, 5.74) is -0.321. The number of aliphatic carboxylic acids is 1. The lowest BCUT2D eigenvalue weighted by Gasteiger charge is -2.51. The minimum atomic E-state index is -0.634. The normalized spacial score (nSPS) is 35.4. The number of urea groups is 1. The van der Waals surface area contributed by atoms with Gasteiger partial charge in [0.05, 0.1) is 5.41 Å². The summed E-state index contributed by atoms with van der Waals surface area (Å²) in [4.78, 5) is 22.4. The lowest BCUT2D eigenvalue weighted by Crippen LogP contribution is -2.51. The molecule has 0 aromatic carbocycles. The highest BCUT2D eigenvalue weighted by molar-refractivity contribution is 5.75. The molecule has 3 aliphatic carbocycles. The first-order valence-corrected chi connectivity index (χ1v) is 6.21. The molecule has 0 spiro atoms. The van der Waals surface area contributed by atoms with Crippen LogP contribution in [-0.4, -0.2) is 30.7 Å². The van der Waals surface area contributed by atoms with E-state index in [0.29, 0.717) is 6.54 Å². The summed E-state index contributed by atoms with van der Waals surface area (Å²) >= 11 is 0. The van der Waals surface area contributed by atoms with E-state index in [1.165, 1.54) is 0 Å². The smallest absolute Gasteiger partial charge is 0.314 e. The average molecular weight is 240 g/mol. The van der Waals surface area contributed by atoms with Crippen LogP contribution in [0, 0.1) is 10.8 Å². The molecule has 0 aromatic rings. The van der Waals surface area contributed by atoms with Crippen molar-refractivity contribution in [1.82, 2.24) is 10.6 Å². The van der Waals surface area contributed by atoms with Crippen LogP contribution in [0.15, 0.2) is 0 Å². The molecule has 5 heteroatoms. The van der Waals surface area contributed by atoms with Gasteiger partial charge in [0.15, 0.2) is 0 Å². The summed E-state index contributed by atoms with van der Waals surface area (Å²) in [6.45, 7) is 0.669. The number of fused-ring (bicyclic) bond motifs is 3. The van der Waals surface area contributed by atoms with E-state index in [0.717, 1.165) is 38.5 Å². The van der Waals surface area contributed by atoms with Crippen LogP contribution in [0.25, 0.3) is 0 Å². The topological polar surface area (TPSA) is 78.4 Å². The fourth-order valence-electron chi connectivity index (χ4n) is 3.21. The van der Waals surface area contributed by atoms with Gasteiger partial charge in [-0.05, 0) is 43.9 Å². The van der Waals surface area contributed by atoms with Crippen molar-refractivity contribution in [1.29, 1.82) is 0 Å². The van der Waals surface area contributed by atoms with Crippen LogP contribution < -0.4 is 10.6 Å². The van der Waals surface area contributed by atoms with Gasteiger partial charge in [-0.1, -0.05) is 0 Å². The largest absolute Gasteiger partial charge is 0.481 e. The quantitative estimate of drug-likeness (QED) is 0.696. The second-order valence-corrected chi connectivity index (χ2v) is 5.52. The molecule has 2 amide bonds. The fraction of sp³-hybridized carbons (Fsp3) is 0.833. The van der Waals surface area contributed by atoms with Crippen LogP contribution >= 0.6 is 0 Å². The zero-order valence-corrected chi connectivity index (χ0v) is 10.2. The number of amides is 2. The highest BCUT2D eigenvalue weighted by atomic mass is 16.4. The van der Waals surface area contributed by atoms with Crippen LogP contribution in [0.1, 0.15) is 38.5 Å². The summed E-state index contributed by atoms with van der Waals surface area (Å²) < 4.78 is 0. The van der Waals surface area contributed by atoms with E-state index in [2.05, 4.69) is 10.6 Å². The van der Waals surface area contributed by atoms with E-state index in [1.807, 2.05) is 0 Å². The molecule has 3 aliphatic rings. The van der Waals surface area contributed by atoms with Gasteiger partial charge in [0, 0.05) is 13.6 Å². The third kappa shape index (κ3) is 2.10. The number of hydrogen-bond acceptors (Lipinski definition) is 2. The maximum atomic E-state index is 11.3. The van der Waals surface area contributed by atoms with Gasteiger partial charge in [0.25, 0.3) is 0 Å². The van der Waals surface area contributed by atoms with Gasteiger partial charge in [0.1, 0.15) is 0 Å². The maximum Gasteiger partial charge on any atom is 0.314 e. The molecular formula is C12H20N2O3. The van der Waals surface area contributed by atoms with Gasteiger partial charge in [-0.3, -0.25) is 4.79 Å². The molecule has 3 rings (SSSR count). The first kappa shape index (κ1) is 12.2. The molecule has 5 nitrogen and oxygen atoms in total. The number of hydrogen-bond donors (Lipinski definition) is 3. The third-order valence-corrected chi connectivity index (χ3v) is 4.71. The SMILES string of the molecule is CNC(=O)NCC12CCC(C(=O)O)(CC1)CC2. The molecule has 0 aromatic heterocycles. The molecule has 0 saturated heterocycles. The Morgan fingerprint density at radius 2 is 1.65 bits per heavy atom. The minimum Gasteiger partial charge on any atom is -0.481 e. The van der Waals surface area contributed by atoms with Crippen LogP contribution in [0.2, 0.25) is 0 Å². The number of carbonyl (C=O) groups is 2. The number of nitrogens with one attached hydrogen (secondary N) is 2. The van der Waals surface area contributed by atoms with E-state index >= 15 is 0 Å². The monoisotopic (exact) mass is 240 g/mol. The summed E-state index contributed by atoms with van der Waals surface area (Å²) in [5, 5.41) is 14.7. The number of carbonyl (C=O) groups excluding carboxylic acids is 1. The Balaban J connectivity index is 1.95. The van der Waals surface area contributed by atoms with Gasteiger partial charge in [0.2, 0.25) is 0 Å². The maximum absolute atomic E-state index is 11.3. The molecule has 3 fully saturated rings. The van der Waals surface area contributed by atoms with Crippen LogP contribution in [-0.2, 0) is 4.79 Å². The minimum absolute atomic E-state index is 0.143. The first-order chi connectivity index (χ1) is 8.02. The molecule has 0 aliphatic heterocycles. The Morgan fingerprint density at radius 1 is 1.12 bits per heavy atom. The molecule has 0 radical (unpaired) electrons. The molecule has 2 bridgehead atoms. The Hall–Kier alpha value is -1.26. The van der Waals surface area contributed by atoms with Crippen molar-refractivity contribution in [3.8, 4) is 0 Å². The van der Waals surface area contributed by atoms with Crippen LogP contribution in [0.3, 0.4) is 0 Å². The van der Waals surface area contributed by atoms with Gasteiger partial charge < -0.3 is 15.7 Å². The molecule has 3 N–H and O–H groups in total. The predicted octanol–water partition coefficient (Wildman–Crippen LogP) is 1.34. The Bertz CT molecular complexity index is 316. The predicted molar refractivity (Wildman–Crippen MR) is 62.7 cm³/mol. The highest BCUT2D eigenvalue weighted by Crippen LogP contribution is 2.56. The molecule has 96 valence electrons. The van der Waals surface area contributed by atoms with Gasteiger partial charge in [-0.2, -0.15) is 0 Å². The lowest BCUT2D eigenvalue weighted by molar-refractivity contribution is -0.158. The van der Waals surface area contributed by atoms with Crippen molar-refractivity contribution in [2.24, 2.45) is 10.8 Å². The average Bonchev–Trinajstić information content (AvgIpc) is 2.38. The second-order valence-electron chi connectivity index (χ2n) is 5.52. The van der Waals surface area contributed by atoms with E-state index in [9.17, 15) is 14.7 Å². The van der Waals surface area contributed by atoms with Crippen molar-refractivity contribution >= 4 is 12.0 Å². The first-order valence-electron chi connectivity index (χ1n) is 6.21. The molecule has 17 heavy (non-hydrogen) atoms. The van der Waals surface area contributed by atoms with Gasteiger partial charge >= 0.3 is 12.0 Å². The zero-order valence-electron chi connectivity index (χ0n) is 10.2. The van der Waals surface area contributed by atoms with Crippen LogP contribution in [0.4, 0.5) is 4.79 Å². The molecule has 0 heterocycles. The Kier molecular flexibility index (Phi) is 3.02. The number of carboxylic acids is 1. The molecule has 0 unspecified atom stereocenters. The Labute approximate surface area is 101 Å². The van der Waals surface area contributed by atoms with Crippen molar-refractivity contribution < 1.29 is 14.7 Å². The van der Waals surface area contributed by atoms with Crippen molar-refractivity contribution in [2.45, 2.75) is 38.5 Å².